The summed E-state index contributed by atoms with van der Waals surface area (Å²) in [6.45, 7) is 0.396. The van der Waals surface area contributed by atoms with Gasteiger partial charge in [-0.2, -0.15) is 0 Å². The van der Waals surface area contributed by atoms with Gasteiger partial charge in [0.1, 0.15) is 6.61 Å². The molecule has 0 aliphatic carbocycles. The molecule has 0 amide bonds. The molecule has 0 spiro atoms. The van der Waals surface area contributed by atoms with Gasteiger partial charge in [0.2, 0.25) is 0 Å². The van der Waals surface area contributed by atoms with Gasteiger partial charge in [0.25, 0.3) is 0 Å². The van der Waals surface area contributed by atoms with Crippen molar-refractivity contribution in [3.63, 3.8) is 0 Å². The van der Waals surface area contributed by atoms with E-state index in [0.29, 0.717) is 16.7 Å². The van der Waals surface area contributed by atoms with Gasteiger partial charge >= 0.3 is 0 Å². The molecule has 0 radical (unpaired) electrons. The lowest BCUT2D eigenvalue weighted by molar-refractivity contribution is 0.302. The maximum absolute atomic E-state index is 6.03. The summed E-state index contributed by atoms with van der Waals surface area (Å²) in [6, 6.07) is 17.2. The Kier molecular flexibility index (Phi) is 4.13. The molecule has 17 heavy (non-hydrogen) atoms. The van der Waals surface area contributed by atoms with E-state index in [1.807, 2.05) is 54.6 Å². The van der Waals surface area contributed by atoms with Crippen LogP contribution in [0.3, 0.4) is 0 Å². The minimum absolute atomic E-state index is 0.396. The second-order valence-corrected chi connectivity index (χ2v) is 4.31. The zero-order valence-electron chi connectivity index (χ0n) is 9.10. The normalized spacial score (nSPS) is 9.94. The molecular formula is C14H11ClOS. The second kappa shape index (κ2) is 5.80. The number of hydrogen-bond donors (Lipinski definition) is 0. The summed E-state index contributed by atoms with van der Waals surface area (Å²) in [6.07, 6.45) is 0. The Morgan fingerprint density at radius 1 is 1.00 bits per heavy atom. The van der Waals surface area contributed by atoms with E-state index in [-0.39, 0.29) is 0 Å². The summed E-state index contributed by atoms with van der Waals surface area (Å²) < 4.78 is 5.54. The molecule has 0 heterocycles. The second-order valence-electron chi connectivity index (χ2n) is 3.53. The van der Waals surface area contributed by atoms with Crippen LogP contribution in [-0.2, 0) is 11.3 Å². The first kappa shape index (κ1) is 12.1. The van der Waals surface area contributed by atoms with Crippen molar-refractivity contribution in [2.75, 3.05) is 0 Å². The first-order chi connectivity index (χ1) is 8.27. The minimum atomic E-state index is 0.396. The number of ether oxygens (including phenoxy) is 1. The van der Waals surface area contributed by atoms with Gasteiger partial charge in [0.05, 0.1) is 0 Å². The number of halogens is 1. The van der Waals surface area contributed by atoms with Crippen LogP contribution in [0.15, 0.2) is 54.6 Å². The molecule has 86 valence electrons. The first-order valence-corrected chi connectivity index (χ1v) is 6.01. The maximum Gasteiger partial charge on any atom is 0.191 e. The van der Waals surface area contributed by atoms with Crippen molar-refractivity contribution in [2.24, 2.45) is 0 Å². The Bertz CT molecular complexity index is 511. The SMILES string of the molecule is S=C(OCc1ccccc1Cl)c1ccccc1. The third-order valence-corrected chi connectivity index (χ3v) is 3.05. The van der Waals surface area contributed by atoms with Crippen LogP contribution in [0.5, 0.6) is 0 Å². The van der Waals surface area contributed by atoms with Gasteiger partial charge in [-0.3, -0.25) is 0 Å². The number of benzene rings is 2. The highest BCUT2D eigenvalue weighted by molar-refractivity contribution is 7.80. The van der Waals surface area contributed by atoms with Crippen LogP contribution in [0, 0.1) is 0 Å². The van der Waals surface area contributed by atoms with Crippen LogP contribution < -0.4 is 0 Å². The molecule has 0 aliphatic heterocycles. The van der Waals surface area contributed by atoms with Gasteiger partial charge in [0.15, 0.2) is 5.05 Å². The maximum atomic E-state index is 6.03. The Labute approximate surface area is 111 Å². The molecule has 0 saturated carbocycles. The molecule has 0 fully saturated rings. The topological polar surface area (TPSA) is 9.23 Å². The summed E-state index contributed by atoms with van der Waals surface area (Å²) in [7, 11) is 0. The summed E-state index contributed by atoms with van der Waals surface area (Å²) in [5, 5.41) is 1.19. The van der Waals surface area contributed by atoms with E-state index in [4.69, 9.17) is 28.6 Å². The summed E-state index contributed by atoms with van der Waals surface area (Å²) in [5.74, 6) is 0. The molecule has 0 atom stereocenters. The lowest BCUT2D eigenvalue weighted by Gasteiger charge is -2.08. The molecule has 0 N–H and O–H groups in total. The highest BCUT2D eigenvalue weighted by atomic mass is 35.5. The van der Waals surface area contributed by atoms with Crippen LogP contribution in [0.4, 0.5) is 0 Å². The third kappa shape index (κ3) is 3.29. The Balaban J connectivity index is 2.00. The number of rotatable bonds is 3. The first-order valence-electron chi connectivity index (χ1n) is 5.23. The fourth-order valence-corrected chi connectivity index (χ4v) is 1.80. The van der Waals surface area contributed by atoms with Crippen molar-refractivity contribution in [1.82, 2.24) is 0 Å². The third-order valence-electron chi connectivity index (χ3n) is 2.33. The molecule has 0 bridgehead atoms. The quantitative estimate of drug-likeness (QED) is 0.766. The number of hydrogen-bond acceptors (Lipinski definition) is 2. The highest BCUT2D eigenvalue weighted by Crippen LogP contribution is 2.16. The fraction of sp³-hybridized carbons (Fsp3) is 0.0714. The van der Waals surface area contributed by atoms with Crippen LogP contribution in [0.1, 0.15) is 11.1 Å². The minimum Gasteiger partial charge on any atom is -0.478 e. The molecule has 0 unspecified atom stereocenters. The van der Waals surface area contributed by atoms with E-state index in [1.165, 1.54) is 0 Å². The number of thiocarbonyl (C=S) groups is 1. The molecule has 2 aromatic carbocycles. The Morgan fingerprint density at radius 2 is 1.65 bits per heavy atom. The van der Waals surface area contributed by atoms with E-state index < -0.39 is 0 Å². The Morgan fingerprint density at radius 3 is 2.35 bits per heavy atom. The van der Waals surface area contributed by atoms with Crippen molar-refractivity contribution in [3.05, 3.63) is 70.7 Å². The average molecular weight is 263 g/mol. The van der Waals surface area contributed by atoms with Crippen LogP contribution in [0.25, 0.3) is 0 Å². The lowest BCUT2D eigenvalue weighted by atomic mass is 10.2. The largest absolute Gasteiger partial charge is 0.478 e. The fourth-order valence-electron chi connectivity index (χ4n) is 1.42. The Hall–Kier alpha value is -1.38. The van der Waals surface area contributed by atoms with E-state index in [0.717, 1.165) is 11.1 Å². The van der Waals surface area contributed by atoms with E-state index in [9.17, 15) is 0 Å². The van der Waals surface area contributed by atoms with Crippen molar-refractivity contribution < 1.29 is 4.74 Å². The van der Waals surface area contributed by atoms with Crippen molar-refractivity contribution in [2.45, 2.75) is 6.61 Å². The van der Waals surface area contributed by atoms with Crippen LogP contribution in [-0.4, -0.2) is 5.05 Å². The average Bonchev–Trinajstić information content (AvgIpc) is 2.38. The van der Waals surface area contributed by atoms with E-state index in [2.05, 4.69) is 0 Å². The van der Waals surface area contributed by atoms with Crippen molar-refractivity contribution in [3.8, 4) is 0 Å². The van der Waals surface area contributed by atoms with Crippen molar-refractivity contribution >= 4 is 28.9 Å². The summed E-state index contributed by atoms with van der Waals surface area (Å²) in [4.78, 5) is 0. The van der Waals surface area contributed by atoms with Gasteiger partial charge in [0, 0.05) is 16.1 Å². The standard InChI is InChI=1S/C14H11ClOS/c15-13-9-5-4-8-12(13)10-16-14(17)11-6-2-1-3-7-11/h1-9H,10H2. The predicted octanol–water partition coefficient (Wildman–Crippen LogP) is 4.23. The van der Waals surface area contributed by atoms with Gasteiger partial charge in [-0.1, -0.05) is 60.1 Å². The molecule has 2 aromatic rings. The summed E-state index contributed by atoms with van der Waals surface area (Å²) >= 11 is 11.2. The monoisotopic (exact) mass is 262 g/mol. The lowest BCUT2D eigenvalue weighted by Crippen LogP contribution is -2.03. The zero-order chi connectivity index (χ0) is 12.1. The zero-order valence-corrected chi connectivity index (χ0v) is 10.7. The molecule has 2 rings (SSSR count). The molecule has 0 aromatic heterocycles. The van der Waals surface area contributed by atoms with Gasteiger partial charge in [-0.25, -0.2) is 0 Å². The molecule has 3 heteroatoms. The molecular weight excluding hydrogens is 252 g/mol. The van der Waals surface area contributed by atoms with Gasteiger partial charge < -0.3 is 4.74 Å². The molecule has 0 aliphatic rings. The van der Waals surface area contributed by atoms with Gasteiger partial charge in [-0.15, -0.1) is 0 Å². The molecule has 0 saturated heterocycles. The van der Waals surface area contributed by atoms with Crippen LogP contribution in [0.2, 0.25) is 5.02 Å². The predicted molar refractivity (Wildman–Crippen MR) is 74.4 cm³/mol. The molecule has 1 nitrogen and oxygen atoms in total. The highest BCUT2D eigenvalue weighted by Gasteiger charge is 2.03. The van der Waals surface area contributed by atoms with Crippen molar-refractivity contribution in [1.29, 1.82) is 0 Å². The van der Waals surface area contributed by atoms with Crippen LogP contribution >= 0.6 is 23.8 Å². The summed E-state index contributed by atoms with van der Waals surface area (Å²) in [5.41, 5.74) is 1.85. The van der Waals surface area contributed by atoms with E-state index in [1.54, 1.807) is 0 Å². The smallest absolute Gasteiger partial charge is 0.191 e. The van der Waals surface area contributed by atoms with Gasteiger partial charge in [-0.05, 0) is 18.3 Å². The van der Waals surface area contributed by atoms with E-state index >= 15 is 0 Å².